The predicted molar refractivity (Wildman–Crippen MR) is 105 cm³/mol. The summed E-state index contributed by atoms with van der Waals surface area (Å²) in [5.74, 6) is 0. The van der Waals surface area contributed by atoms with Crippen molar-refractivity contribution >= 4 is 35.9 Å². The molecule has 0 heterocycles. The molecule has 0 spiro atoms. The third-order valence-electron chi connectivity index (χ3n) is 4.95. The van der Waals surface area contributed by atoms with Crippen LogP contribution in [-0.2, 0) is 10.7 Å². The molecule has 1 aliphatic rings. The van der Waals surface area contributed by atoms with Gasteiger partial charge < -0.3 is 4.57 Å². The van der Waals surface area contributed by atoms with Crippen LogP contribution in [0.4, 0.5) is 0 Å². The van der Waals surface area contributed by atoms with Crippen LogP contribution in [0.2, 0.25) is 10.0 Å². The van der Waals surface area contributed by atoms with Gasteiger partial charge >= 0.3 is 0 Å². The maximum Gasteiger partial charge on any atom is 0.224 e. The molecule has 3 rings (SSSR count). The zero-order valence-electron chi connectivity index (χ0n) is 14.0. The monoisotopic (exact) mass is 394 g/mol. The lowest BCUT2D eigenvalue weighted by Gasteiger charge is -2.30. The molecule has 5 heteroatoms. The summed E-state index contributed by atoms with van der Waals surface area (Å²) < 4.78 is 14.1. The quantitative estimate of drug-likeness (QED) is 0.510. The fourth-order valence-corrected chi connectivity index (χ4v) is 7.62. The lowest BCUT2D eigenvalue weighted by atomic mass is 10.0. The summed E-state index contributed by atoms with van der Waals surface area (Å²) in [6, 6.07) is 14.6. The SMILES string of the molecule is O=C(c1c(Cl)cccc1Cl)P(=O)(Cc1ccccc1)C1CCCCC1. The summed E-state index contributed by atoms with van der Waals surface area (Å²) >= 11 is 12.5. The Hall–Kier alpha value is -1.08. The van der Waals surface area contributed by atoms with Crippen molar-refractivity contribution in [2.75, 3.05) is 0 Å². The number of hydrogen-bond donors (Lipinski definition) is 0. The minimum Gasteiger partial charge on any atom is -0.315 e. The summed E-state index contributed by atoms with van der Waals surface area (Å²) in [5.41, 5.74) is 0.698. The summed E-state index contributed by atoms with van der Waals surface area (Å²) in [7, 11) is -3.19. The number of hydrogen-bond acceptors (Lipinski definition) is 2. The summed E-state index contributed by atoms with van der Waals surface area (Å²) in [5, 5.41) is 0.559. The van der Waals surface area contributed by atoms with E-state index in [-0.39, 0.29) is 33.0 Å². The van der Waals surface area contributed by atoms with Gasteiger partial charge in [0.25, 0.3) is 0 Å². The van der Waals surface area contributed by atoms with E-state index in [0.29, 0.717) is 0 Å². The second-order valence-corrected chi connectivity index (χ2v) is 10.5. The number of carbonyl (C=O) groups excluding carboxylic acids is 1. The van der Waals surface area contributed by atoms with E-state index in [1.54, 1.807) is 18.2 Å². The smallest absolute Gasteiger partial charge is 0.224 e. The molecule has 0 saturated heterocycles. The first-order chi connectivity index (χ1) is 12.0. The van der Waals surface area contributed by atoms with Crippen LogP contribution in [0.25, 0.3) is 0 Å². The highest BCUT2D eigenvalue weighted by molar-refractivity contribution is 7.81. The van der Waals surface area contributed by atoms with Gasteiger partial charge in [-0.25, -0.2) is 0 Å². The molecular formula is C20H21Cl2O2P. The molecule has 1 fully saturated rings. The van der Waals surface area contributed by atoms with Gasteiger partial charge in [-0.05, 0) is 30.5 Å². The average Bonchev–Trinajstić information content (AvgIpc) is 2.63. The van der Waals surface area contributed by atoms with Crippen LogP contribution < -0.4 is 0 Å². The molecule has 1 aliphatic carbocycles. The molecule has 2 aromatic carbocycles. The van der Waals surface area contributed by atoms with Gasteiger partial charge in [0.2, 0.25) is 5.52 Å². The highest BCUT2D eigenvalue weighted by Crippen LogP contribution is 2.61. The van der Waals surface area contributed by atoms with Crippen molar-refractivity contribution in [1.29, 1.82) is 0 Å². The first-order valence-electron chi connectivity index (χ1n) is 8.64. The molecule has 0 aromatic heterocycles. The first-order valence-corrected chi connectivity index (χ1v) is 11.4. The van der Waals surface area contributed by atoms with E-state index in [1.807, 2.05) is 30.3 Å². The van der Waals surface area contributed by atoms with Gasteiger partial charge in [-0.2, -0.15) is 0 Å². The Morgan fingerprint density at radius 3 is 2.12 bits per heavy atom. The zero-order chi connectivity index (χ0) is 17.9. The highest BCUT2D eigenvalue weighted by atomic mass is 35.5. The van der Waals surface area contributed by atoms with Crippen LogP contribution in [0.15, 0.2) is 48.5 Å². The molecule has 1 unspecified atom stereocenters. The molecule has 1 saturated carbocycles. The van der Waals surface area contributed by atoms with Crippen molar-refractivity contribution in [2.45, 2.75) is 43.9 Å². The summed E-state index contributed by atoms with van der Waals surface area (Å²) in [6.07, 6.45) is 5.12. The van der Waals surface area contributed by atoms with Crippen molar-refractivity contribution < 1.29 is 9.36 Å². The normalized spacial score (nSPS) is 17.8. The van der Waals surface area contributed by atoms with Crippen LogP contribution in [-0.4, -0.2) is 11.2 Å². The lowest BCUT2D eigenvalue weighted by molar-refractivity contribution is 0.107. The maximum atomic E-state index is 14.1. The third kappa shape index (κ3) is 4.03. The van der Waals surface area contributed by atoms with E-state index >= 15 is 0 Å². The van der Waals surface area contributed by atoms with Gasteiger partial charge in [-0.3, -0.25) is 4.79 Å². The molecule has 0 radical (unpaired) electrons. The van der Waals surface area contributed by atoms with Gasteiger partial charge in [-0.15, -0.1) is 0 Å². The van der Waals surface area contributed by atoms with Crippen LogP contribution in [0.1, 0.15) is 48.0 Å². The Kier molecular flexibility index (Phi) is 6.04. The van der Waals surface area contributed by atoms with E-state index in [1.165, 1.54) is 0 Å². The minimum atomic E-state index is -3.19. The van der Waals surface area contributed by atoms with Crippen LogP contribution in [0.3, 0.4) is 0 Å². The lowest BCUT2D eigenvalue weighted by Crippen LogP contribution is -2.20. The Morgan fingerprint density at radius 1 is 0.920 bits per heavy atom. The number of carbonyl (C=O) groups is 1. The van der Waals surface area contributed by atoms with E-state index in [4.69, 9.17) is 23.2 Å². The van der Waals surface area contributed by atoms with Gasteiger partial charge in [0.05, 0.1) is 15.6 Å². The van der Waals surface area contributed by atoms with E-state index in [2.05, 4.69) is 0 Å². The molecule has 25 heavy (non-hydrogen) atoms. The first kappa shape index (κ1) is 18.7. The molecule has 0 N–H and O–H groups in total. The molecular weight excluding hydrogens is 374 g/mol. The molecule has 0 amide bonds. The van der Waals surface area contributed by atoms with E-state index in [9.17, 15) is 9.36 Å². The predicted octanol–water partition coefficient (Wildman–Crippen LogP) is 7.03. The Balaban J connectivity index is 2.04. The summed E-state index contributed by atoms with van der Waals surface area (Å²) in [6.45, 7) is 0. The fraction of sp³-hybridized carbons (Fsp3) is 0.350. The van der Waals surface area contributed by atoms with Crippen LogP contribution in [0, 0.1) is 0 Å². The van der Waals surface area contributed by atoms with Crippen LogP contribution in [0.5, 0.6) is 0 Å². The zero-order valence-corrected chi connectivity index (χ0v) is 16.4. The van der Waals surface area contributed by atoms with Crippen LogP contribution >= 0.6 is 30.3 Å². The van der Waals surface area contributed by atoms with E-state index < -0.39 is 7.14 Å². The van der Waals surface area contributed by atoms with Crippen molar-refractivity contribution in [1.82, 2.24) is 0 Å². The third-order valence-corrected chi connectivity index (χ3v) is 9.02. The fourth-order valence-electron chi connectivity index (χ4n) is 3.61. The van der Waals surface area contributed by atoms with Gasteiger partial charge in [0, 0.05) is 11.8 Å². The average molecular weight is 395 g/mol. The second kappa shape index (κ2) is 8.08. The van der Waals surface area contributed by atoms with Gasteiger partial charge in [0.1, 0.15) is 0 Å². The largest absolute Gasteiger partial charge is 0.315 e. The highest BCUT2D eigenvalue weighted by Gasteiger charge is 2.42. The molecule has 1 atom stereocenters. The van der Waals surface area contributed by atoms with E-state index in [0.717, 1.165) is 37.7 Å². The number of rotatable bonds is 5. The topological polar surface area (TPSA) is 34.1 Å². The van der Waals surface area contributed by atoms with Crippen molar-refractivity contribution in [2.24, 2.45) is 0 Å². The molecule has 0 aliphatic heterocycles. The summed E-state index contributed by atoms with van der Waals surface area (Å²) in [4.78, 5) is 13.4. The Bertz CT molecular complexity index is 778. The molecule has 0 bridgehead atoms. The van der Waals surface area contributed by atoms with Crippen molar-refractivity contribution in [3.8, 4) is 0 Å². The molecule has 132 valence electrons. The number of halogens is 2. The number of benzene rings is 2. The standard InChI is InChI=1S/C20H21Cl2O2P/c21-17-12-7-13-18(22)19(17)20(23)25(24,16-10-5-2-6-11-16)14-15-8-3-1-4-9-15/h1,3-4,7-9,12-13,16H,2,5-6,10-11,14H2. The Labute approximate surface area is 158 Å². The second-order valence-electron chi connectivity index (χ2n) is 6.63. The maximum absolute atomic E-state index is 14.1. The van der Waals surface area contributed by atoms with Crippen molar-refractivity contribution in [3.05, 3.63) is 69.7 Å². The molecule has 2 nitrogen and oxygen atoms in total. The van der Waals surface area contributed by atoms with Gasteiger partial charge in [0.15, 0.2) is 7.14 Å². The Morgan fingerprint density at radius 2 is 1.52 bits per heavy atom. The van der Waals surface area contributed by atoms with Crippen molar-refractivity contribution in [3.63, 3.8) is 0 Å². The minimum absolute atomic E-state index is 0.0821. The van der Waals surface area contributed by atoms with Gasteiger partial charge in [-0.1, -0.05) is 78.9 Å². The molecule has 2 aromatic rings.